The van der Waals surface area contributed by atoms with E-state index in [1.807, 2.05) is 0 Å². The second-order valence-electron chi connectivity index (χ2n) is 14.8. The highest BCUT2D eigenvalue weighted by Gasteiger charge is 2.40. The van der Waals surface area contributed by atoms with Crippen LogP contribution in [0.15, 0.2) is 60.7 Å². The lowest BCUT2D eigenvalue weighted by Gasteiger charge is -2.41. The van der Waals surface area contributed by atoms with E-state index in [4.69, 9.17) is 14.2 Å². The van der Waals surface area contributed by atoms with Gasteiger partial charge >= 0.3 is 18.3 Å². The molecule has 3 heterocycles. The number of ether oxygens (including phenoxy) is 3. The number of carbonyl (C=O) groups excluding carboxylic acids is 1. The minimum atomic E-state index is -5.10. The van der Waals surface area contributed by atoms with Crippen LogP contribution >= 0.6 is 0 Å². The maximum atomic E-state index is 16.8. The number of fused-ring (bicyclic) bond motifs is 1. The molecule has 2 aromatic heterocycles. The fraction of sp³-hybridized carbons (Fsp3) is 0.366. The van der Waals surface area contributed by atoms with Gasteiger partial charge in [0, 0.05) is 44.2 Å². The van der Waals surface area contributed by atoms with Crippen LogP contribution in [0.4, 0.5) is 42.8 Å². The first-order valence-corrected chi connectivity index (χ1v) is 18.1. The highest BCUT2D eigenvalue weighted by Crippen LogP contribution is 2.43. The van der Waals surface area contributed by atoms with Crippen molar-refractivity contribution < 1.29 is 45.3 Å². The summed E-state index contributed by atoms with van der Waals surface area (Å²) in [6.07, 6.45) is -7.04. The Balaban J connectivity index is 1.46. The van der Waals surface area contributed by atoms with E-state index >= 15 is 13.2 Å². The van der Waals surface area contributed by atoms with Gasteiger partial charge in [0.25, 0.3) is 0 Å². The number of anilines is 2. The molecule has 1 aliphatic heterocycles. The number of pyridine rings is 1. The van der Waals surface area contributed by atoms with Gasteiger partial charge in [-0.3, -0.25) is 0 Å². The van der Waals surface area contributed by atoms with Crippen LogP contribution < -0.4 is 19.3 Å². The van der Waals surface area contributed by atoms with Crippen LogP contribution in [-0.4, -0.2) is 71.4 Å². The molecule has 6 rings (SSSR count). The molecule has 1 saturated heterocycles. The third-order valence-corrected chi connectivity index (χ3v) is 9.50. The second-order valence-corrected chi connectivity index (χ2v) is 14.8. The van der Waals surface area contributed by atoms with E-state index in [2.05, 4.69) is 15.0 Å². The zero-order chi connectivity index (χ0) is 41.4. The Morgan fingerprint density at radius 1 is 0.860 bits per heavy atom. The van der Waals surface area contributed by atoms with Gasteiger partial charge in [0.1, 0.15) is 40.1 Å². The molecular formula is C41H42F6N6O4. The maximum absolute atomic E-state index is 16.8. The first kappa shape index (κ1) is 40.9. The van der Waals surface area contributed by atoms with E-state index in [-0.39, 0.29) is 55.3 Å². The zero-order valence-electron chi connectivity index (χ0n) is 32.5. The summed E-state index contributed by atoms with van der Waals surface area (Å²) in [6.45, 7) is 8.65. The number of benzene rings is 3. The topological polar surface area (TPSA) is 93.2 Å². The summed E-state index contributed by atoms with van der Waals surface area (Å²) >= 11 is 0. The molecule has 5 aromatic rings. The first-order valence-electron chi connectivity index (χ1n) is 18.1. The molecular weight excluding hydrogens is 754 g/mol. The summed E-state index contributed by atoms with van der Waals surface area (Å²) in [7, 11) is 3.03. The minimum Gasteiger partial charge on any atom is -0.497 e. The largest absolute Gasteiger partial charge is 0.497 e. The van der Waals surface area contributed by atoms with Crippen LogP contribution in [-0.2, 0) is 24.0 Å². The number of alkyl halides is 3. The molecule has 0 radical (unpaired) electrons. The van der Waals surface area contributed by atoms with Crippen molar-refractivity contribution in [2.75, 3.05) is 43.7 Å². The fourth-order valence-electron chi connectivity index (χ4n) is 6.83. The lowest BCUT2D eigenvalue weighted by atomic mass is 9.98. The molecule has 10 nitrogen and oxygen atoms in total. The molecule has 0 aliphatic carbocycles. The van der Waals surface area contributed by atoms with Gasteiger partial charge in [-0.15, -0.1) is 0 Å². The van der Waals surface area contributed by atoms with Crippen molar-refractivity contribution in [2.24, 2.45) is 0 Å². The number of methoxy groups -OCH3 is 2. The Labute approximate surface area is 326 Å². The third kappa shape index (κ3) is 8.94. The molecule has 1 amide bonds. The molecule has 1 aliphatic rings. The van der Waals surface area contributed by atoms with Crippen LogP contribution in [0.2, 0.25) is 0 Å². The molecule has 16 heteroatoms. The zero-order valence-corrected chi connectivity index (χ0v) is 32.5. The van der Waals surface area contributed by atoms with Crippen molar-refractivity contribution in [3.05, 3.63) is 101 Å². The fourth-order valence-corrected chi connectivity index (χ4v) is 6.83. The van der Waals surface area contributed by atoms with Crippen molar-refractivity contribution in [3.63, 3.8) is 0 Å². The lowest BCUT2D eigenvalue weighted by Crippen LogP contribution is -2.55. The van der Waals surface area contributed by atoms with Crippen LogP contribution in [0.5, 0.6) is 11.5 Å². The Morgan fingerprint density at radius 3 is 1.95 bits per heavy atom. The number of piperazine rings is 1. The van der Waals surface area contributed by atoms with Crippen molar-refractivity contribution >= 4 is 28.6 Å². The van der Waals surface area contributed by atoms with Crippen LogP contribution in [0.3, 0.4) is 0 Å². The Bertz CT molecular complexity index is 2220. The quantitative estimate of drug-likeness (QED) is 0.107. The van der Waals surface area contributed by atoms with Crippen molar-refractivity contribution in [1.29, 1.82) is 0 Å². The summed E-state index contributed by atoms with van der Waals surface area (Å²) in [6, 6.07) is 15.5. The molecule has 3 aromatic carbocycles. The summed E-state index contributed by atoms with van der Waals surface area (Å²) in [5.74, 6) is -1.93. The van der Waals surface area contributed by atoms with Gasteiger partial charge in [0.15, 0.2) is 5.82 Å². The maximum Gasteiger partial charge on any atom is 0.418 e. The standard InChI is InChI=1S/C41H42F6N6O4/c1-23-18-31(52(21-25-8-12-27(55-6)13-9-25)22-26-10-14-28(56-7)15-11-26)48-36(33(23)41(45,46)47)32-30(42)19-29-35(34(32)43)49-38(44)50-37(29)53-17-16-51(20-24(53)2)39(54)57-40(3,4)5/h8-15,18-19,24H,16-17,20-22H2,1-7H3/t24-/m0/s1. The third-order valence-electron chi connectivity index (χ3n) is 9.50. The van der Waals surface area contributed by atoms with Crippen LogP contribution in [0, 0.1) is 24.6 Å². The average molecular weight is 797 g/mol. The highest BCUT2D eigenvalue weighted by molar-refractivity contribution is 5.93. The van der Waals surface area contributed by atoms with Crippen molar-refractivity contribution in [3.8, 4) is 22.8 Å². The van der Waals surface area contributed by atoms with Gasteiger partial charge in [-0.05, 0) is 87.7 Å². The number of hydrogen-bond donors (Lipinski definition) is 0. The average Bonchev–Trinajstić information content (AvgIpc) is 3.14. The van der Waals surface area contributed by atoms with E-state index in [1.165, 1.54) is 32.1 Å². The minimum absolute atomic E-state index is 0.00715. The number of aryl methyl sites for hydroxylation is 1. The van der Waals surface area contributed by atoms with Crippen LogP contribution in [0.1, 0.15) is 49.9 Å². The van der Waals surface area contributed by atoms with Gasteiger partial charge in [0.05, 0.1) is 31.0 Å². The molecule has 0 bridgehead atoms. The number of aromatic nitrogens is 3. The number of halogens is 6. The van der Waals surface area contributed by atoms with E-state index < -0.39 is 64.0 Å². The Morgan fingerprint density at radius 2 is 1.44 bits per heavy atom. The normalized spacial score (nSPS) is 14.9. The van der Waals surface area contributed by atoms with Crippen molar-refractivity contribution in [1.82, 2.24) is 19.9 Å². The molecule has 0 saturated carbocycles. The van der Waals surface area contributed by atoms with E-state index in [0.29, 0.717) is 11.5 Å². The molecule has 57 heavy (non-hydrogen) atoms. The van der Waals surface area contributed by atoms with Gasteiger partial charge < -0.3 is 28.9 Å². The molecule has 1 fully saturated rings. The Kier molecular flexibility index (Phi) is 11.5. The van der Waals surface area contributed by atoms with Crippen LogP contribution in [0.25, 0.3) is 22.2 Å². The number of nitrogens with zero attached hydrogens (tertiary/aromatic N) is 6. The van der Waals surface area contributed by atoms with Gasteiger partial charge in [0.2, 0.25) is 0 Å². The van der Waals surface area contributed by atoms with Gasteiger partial charge in [-0.25, -0.2) is 18.6 Å². The molecule has 1 atom stereocenters. The lowest BCUT2D eigenvalue weighted by molar-refractivity contribution is -0.137. The van der Waals surface area contributed by atoms with Gasteiger partial charge in [-0.2, -0.15) is 27.5 Å². The first-order chi connectivity index (χ1) is 26.9. The molecule has 302 valence electrons. The Hall–Kier alpha value is -5.80. The number of hydrogen-bond acceptors (Lipinski definition) is 9. The van der Waals surface area contributed by atoms with Crippen molar-refractivity contribution in [2.45, 2.75) is 65.5 Å². The molecule has 0 N–H and O–H groups in total. The van der Waals surface area contributed by atoms with E-state index in [9.17, 15) is 18.0 Å². The highest BCUT2D eigenvalue weighted by atomic mass is 19.4. The second kappa shape index (κ2) is 16.0. The smallest absolute Gasteiger partial charge is 0.418 e. The van der Waals surface area contributed by atoms with E-state index in [0.717, 1.165) is 17.2 Å². The van der Waals surface area contributed by atoms with E-state index in [1.54, 1.807) is 86.0 Å². The summed E-state index contributed by atoms with van der Waals surface area (Å²) < 4.78 is 109. The SMILES string of the molecule is COc1ccc(CN(Cc2ccc(OC)cc2)c2cc(C)c(C(F)(F)F)c(-c3c(F)cc4c(N5CCN(C(=O)OC(C)(C)C)C[C@@H]5C)nc(F)nc4c3F)n2)cc1. The number of amides is 1. The van der Waals surface area contributed by atoms with Gasteiger partial charge in [-0.1, -0.05) is 24.3 Å². The monoisotopic (exact) mass is 796 g/mol. The predicted molar refractivity (Wildman–Crippen MR) is 203 cm³/mol. The summed E-state index contributed by atoms with van der Waals surface area (Å²) in [5.41, 5.74) is -3.85. The molecule has 0 spiro atoms. The predicted octanol–water partition coefficient (Wildman–Crippen LogP) is 9.11. The summed E-state index contributed by atoms with van der Waals surface area (Å²) in [4.78, 5) is 29.2. The number of carbonyl (C=O) groups is 1. The number of rotatable bonds is 9. The molecule has 0 unspecified atom stereocenters. The summed E-state index contributed by atoms with van der Waals surface area (Å²) in [5, 5.41) is -0.269.